The van der Waals surface area contributed by atoms with E-state index in [1.165, 1.54) is 25.0 Å². The molecule has 1 saturated heterocycles. The lowest BCUT2D eigenvalue weighted by molar-refractivity contribution is -0.384. The predicted octanol–water partition coefficient (Wildman–Crippen LogP) is 3.04. The number of rotatable bonds is 5. The van der Waals surface area contributed by atoms with Crippen molar-refractivity contribution in [1.82, 2.24) is 15.2 Å². The standard InChI is InChI=1S/C20H24N6O2.HI/c27-26(28)18-8-4-16(5-9-18)15-22-20(23-17-6-7-17)25-13-11-24(12-14-25)19-3-1-2-10-21-19;/h1-5,8-10,17H,6-7,11-15H2,(H,22,23);1H. The van der Waals surface area contributed by atoms with Crippen molar-refractivity contribution in [3.8, 4) is 0 Å². The van der Waals surface area contributed by atoms with Gasteiger partial charge in [0.25, 0.3) is 5.69 Å². The molecule has 1 N–H and O–H groups in total. The zero-order valence-electron chi connectivity index (χ0n) is 16.1. The fourth-order valence-electron chi connectivity index (χ4n) is 3.22. The van der Waals surface area contributed by atoms with E-state index >= 15 is 0 Å². The van der Waals surface area contributed by atoms with Gasteiger partial charge in [-0.1, -0.05) is 18.2 Å². The first-order valence-electron chi connectivity index (χ1n) is 9.64. The highest BCUT2D eigenvalue weighted by atomic mass is 127. The highest BCUT2D eigenvalue weighted by molar-refractivity contribution is 14.0. The van der Waals surface area contributed by atoms with Crippen molar-refractivity contribution in [1.29, 1.82) is 0 Å². The van der Waals surface area contributed by atoms with Crippen LogP contribution in [0.1, 0.15) is 18.4 Å². The van der Waals surface area contributed by atoms with E-state index in [2.05, 4.69) is 20.1 Å². The number of hydrogen-bond acceptors (Lipinski definition) is 5. The van der Waals surface area contributed by atoms with Gasteiger partial charge in [-0.05, 0) is 30.5 Å². The number of benzene rings is 1. The molecule has 2 heterocycles. The average molecular weight is 508 g/mol. The van der Waals surface area contributed by atoms with E-state index in [1.54, 1.807) is 12.1 Å². The summed E-state index contributed by atoms with van der Waals surface area (Å²) in [6.45, 7) is 4.08. The molecule has 0 amide bonds. The number of nitro benzene ring substituents is 1. The Balaban J connectivity index is 0.00000240. The summed E-state index contributed by atoms with van der Waals surface area (Å²) in [7, 11) is 0. The number of hydrogen-bond donors (Lipinski definition) is 1. The van der Waals surface area contributed by atoms with E-state index in [-0.39, 0.29) is 34.6 Å². The normalized spacial score (nSPS) is 16.9. The van der Waals surface area contributed by atoms with Gasteiger partial charge in [-0.3, -0.25) is 10.1 Å². The number of aromatic nitrogens is 1. The second-order valence-electron chi connectivity index (χ2n) is 7.14. The van der Waals surface area contributed by atoms with Crippen molar-refractivity contribution in [2.45, 2.75) is 25.4 Å². The van der Waals surface area contributed by atoms with Gasteiger partial charge in [0, 0.05) is 50.6 Å². The van der Waals surface area contributed by atoms with Gasteiger partial charge in [-0.15, -0.1) is 24.0 Å². The summed E-state index contributed by atoms with van der Waals surface area (Å²) in [4.78, 5) is 24.2. The Kier molecular flexibility index (Phi) is 7.24. The quantitative estimate of drug-likeness (QED) is 0.220. The Morgan fingerprint density at radius 1 is 1.14 bits per heavy atom. The summed E-state index contributed by atoms with van der Waals surface area (Å²) in [6, 6.07) is 13.1. The highest BCUT2D eigenvalue weighted by Gasteiger charge is 2.27. The van der Waals surface area contributed by atoms with Crippen molar-refractivity contribution < 1.29 is 4.92 Å². The molecular formula is C20H25IN6O2. The molecule has 1 saturated carbocycles. The molecule has 4 rings (SSSR count). The van der Waals surface area contributed by atoms with E-state index in [9.17, 15) is 10.1 Å². The molecule has 0 unspecified atom stereocenters. The number of pyridine rings is 1. The minimum Gasteiger partial charge on any atom is -0.353 e. The van der Waals surface area contributed by atoms with Gasteiger partial charge < -0.3 is 15.1 Å². The molecule has 154 valence electrons. The van der Waals surface area contributed by atoms with Gasteiger partial charge in [0.05, 0.1) is 11.5 Å². The van der Waals surface area contributed by atoms with Crippen molar-refractivity contribution in [3.05, 3.63) is 64.3 Å². The van der Waals surface area contributed by atoms with Gasteiger partial charge in [0.1, 0.15) is 5.82 Å². The van der Waals surface area contributed by atoms with Crippen LogP contribution in [-0.4, -0.2) is 53.0 Å². The van der Waals surface area contributed by atoms with Gasteiger partial charge in [-0.2, -0.15) is 0 Å². The molecule has 29 heavy (non-hydrogen) atoms. The van der Waals surface area contributed by atoms with Gasteiger partial charge in [0.15, 0.2) is 5.96 Å². The Bertz CT molecular complexity index is 834. The number of aliphatic imine (C=N–C) groups is 1. The van der Waals surface area contributed by atoms with Gasteiger partial charge in [-0.25, -0.2) is 9.98 Å². The van der Waals surface area contributed by atoms with Crippen LogP contribution < -0.4 is 10.2 Å². The van der Waals surface area contributed by atoms with E-state index in [0.29, 0.717) is 12.6 Å². The monoisotopic (exact) mass is 508 g/mol. The summed E-state index contributed by atoms with van der Waals surface area (Å²) < 4.78 is 0. The number of guanidine groups is 1. The molecule has 1 aromatic heterocycles. The zero-order chi connectivity index (χ0) is 19.3. The van der Waals surface area contributed by atoms with Gasteiger partial charge in [0.2, 0.25) is 0 Å². The van der Waals surface area contributed by atoms with Crippen LogP contribution in [0.5, 0.6) is 0 Å². The van der Waals surface area contributed by atoms with Crippen LogP contribution in [0.2, 0.25) is 0 Å². The van der Waals surface area contributed by atoms with Crippen LogP contribution in [0.3, 0.4) is 0 Å². The number of nitro groups is 1. The number of halogens is 1. The summed E-state index contributed by atoms with van der Waals surface area (Å²) in [5.74, 6) is 1.95. The molecule has 2 aromatic rings. The Hall–Kier alpha value is -2.43. The SMILES string of the molecule is I.O=[N+]([O-])c1ccc(CN=C(NC2CC2)N2CCN(c3ccccn3)CC2)cc1. The van der Waals surface area contributed by atoms with Crippen molar-refractivity contribution in [3.63, 3.8) is 0 Å². The molecule has 0 bridgehead atoms. The predicted molar refractivity (Wildman–Crippen MR) is 124 cm³/mol. The highest BCUT2D eigenvalue weighted by Crippen LogP contribution is 2.20. The lowest BCUT2D eigenvalue weighted by atomic mass is 10.2. The molecule has 0 spiro atoms. The van der Waals surface area contributed by atoms with E-state index in [1.807, 2.05) is 24.4 Å². The molecule has 1 aromatic carbocycles. The first-order chi connectivity index (χ1) is 13.7. The fraction of sp³-hybridized carbons (Fsp3) is 0.400. The Morgan fingerprint density at radius 2 is 1.86 bits per heavy atom. The molecule has 2 fully saturated rings. The van der Waals surface area contributed by atoms with Crippen LogP contribution in [0.4, 0.5) is 11.5 Å². The van der Waals surface area contributed by atoms with Crippen LogP contribution in [0.15, 0.2) is 53.7 Å². The second-order valence-corrected chi connectivity index (χ2v) is 7.14. The fourth-order valence-corrected chi connectivity index (χ4v) is 3.22. The topological polar surface area (TPSA) is 86.9 Å². The molecular weight excluding hydrogens is 483 g/mol. The first-order valence-corrected chi connectivity index (χ1v) is 9.64. The number of piperazine rings is 1. The van der Waals surface area contributed by atoms with Crippen LogP contribution in [0, 0.1) is 10.1 Å². The maximum Gasteiger partial charge on any atom is 0.269 e. The van der Waals surface area contributed by atoms with E-state index in [4.69, 9.17) is 4.99 Å². The van der Waals surface area contributed by atoms with Crippen LogP contribution in [0.25, 0.3) is 0 Å². The molecule has 8 nitrogen and oxygen atoms in total. The molecule has 1 aliphatic carbocycles. The lowest BCUT2D eigenvalue weighted by Crippen LogP contribution is -2.53. The van der Waals surface area contributed by atoms with E-state index in [0.717, 1.165) is 43.5 Å². The molecule has 9 heteroatoms. The largest absolute Gasteiger partial charge is 0.353 e. The Morgan fingerprint density at radius 3 is 2.45 bits per heavy atom. The third-order valence-electron chi connectivity index (χ3n) is 5.02. The lowest BCUT2D eigenvalue weighted by Gasteiger charge is -2.37. The number of nitrogens with one attached hydrogen (secondary N) is 1. The molecule has 0 atom stereocenters. The molecule has 1 aliphatic heterocycles. The summed E-state index contributed by atoms with van der Waals surface area (Å²) in [5.41, 5.74) is 1.07. The van der Waals surface area contributed by atoms with Crippen LogP contribution >= 0.6 is 24.0 Å². The minimum atomic E-state index is -0.381. The second kappa shape index (κ2) is 9.86. The number of anilines is 1. The average Bonchev–Trinajstić information content (AvgIpc) is 3.56. The minimum absolute atomic E-state index is 0. The first kappa shape index (κ1) is 21.3. The summed E-state index contributed by atoms with van der Waals surface area (Å²) in [5, 5.41) is 14.3. The molecule has 2 aliphatic rings. The smallest absolute Gasteiger partial charge is 0.269 e. The summed E-state index contributed by atoms with van der Waals surface area (Å²) >= 11 is 0. The maximum absolute atomic E-state index is 10.8. The van der Waals surface area contributed by atoms with Crippen molar-refractivity contribution >= 4 is 41.4 Å². The maximum atomic E-state index is 10.8. The third-order valence-corrected chi connectivity index (χ3v) is 5.02. The zero-order valence-corrected chi connectivity index (χ0v) is 18.4. The van der Waals surface area contributed by atoms with Crippen LogP contribution in [-0.2, 0) is 6.54 Å². The number of nitrogens with zero attached hydrogens (tertiary/aromatic N) is 5. The van der Waals surface area contributed by atoms with Crippen molar-refractivity contribution in [2.24, 2.45) is 4.99 Å². The molecule has 0 radical (unpaired) electrons. The van der Waals surface area contributed by atoms with Gasteiger partial charge >= 0.3 is 0 Å². The van der Waals surface area contributed by atoms with Crippen molar-refractivity contribution in [2.75, 3.05) is 31.1 Å². The third kappa shape index (κ3) is 5.78. The number of non-ortho nitro benzene ring substituents is 1. The summed E-state index contributed by atoms with van der Waals surface area (Å²) in [6.07, 6.45) is 4.20. The Labute approximate surface area is 187 Å². The van der Waals surface area contributed by atoms with E-state index < -0.39 is 0 Å².